The predicted octanol–water partition coefficient (Wildman–Crippen LogP) is 3.91. The van der Waals surface area contributed by atoms with Crippen LogP contribution in [0.2, 0.25) is 0 Å². The maximum Gasteiger partial charge on any atom is 0.258 e. The van der Waals surface area contributed by atoms with Crippen LogP contribution in [0.5, 0.6) is 5.75 Å². The minimum absolute atomic E-state index is 0.0290. The van der Waals surface area contributed by atoms with Crippen molar-refractivity contribution in [1.29, 1.82) is 0 Å². The normalized spacial score (nSPS) is 12.9. The molecule has 1 aromatic carbocycles. The fraction of sp³-hybridized carbons (Fsp3) is 0.522. The van der Waals surface area contributed by atoms with Gasteiger partial charge in [0, 0.05) is 28.1 Å². The summed E-state index contributed by atoms with van der Waals surface area (Å²) in [5.41, 5.74) is 1.71. The molecule has 0 spiro atoms. The molecule has 3 rings (SSSR count). The number of aromatic amines is 1. The first-order chi connectivity index (χ1) is 13.8. The molecule has 7 nitrogen and oxygen atoms in total. The van der Waals surface area contributed by atoms with E-state index in [2.05, 4.69) is 55.2 Å². The molecule has 2 heterocycles. The van der Waals surface area contributed by atoms with Gasteiger partial charge in [0.25, 0.3) is 5.91 Å². The van der Waals surface area contributed by atoms with Gasteiger partial charge in [-0.15, -0.1) is 10.2 Å². The number of nitrogens with zero attached hydrogens (tertiary/aromatic N) is 3. The number of para-hydroxylation sites is 1. The van der Waals surface area contributed by atoms with E-state index in [9.17, 15) is 4.79 Å². The van der Waals surface area contributed by atoms with Crippen LogP contribution in [0.1, 0.15) is 65.5 Å². The van der Waals surface area contributed by atoms with Crippen LogP contribution in [-0.4, -0.2) is 37.9 Å². The lowest BCUT2D eigenvalue weighted by Crippen LogP contribution is -2.57. The topological polar surface area (TPSA) is 84.3 Å². The number of nitrogens with one attached hydrogen (secondary N) is 2. The van der Waals surface area contributed by atoms with Crippen LogP contribution in [0, 0.1) is 6.92 Å². The van der Waals surface area contributed by atoms with Crippen LogP contribution in [-0.2, 0) is 15.6 Å². The Balaban J connectivity index is 1.79. The molecule has 1 amide bonds. The number of carbonyl (C=O) groups excluding carboxylic acids is 1. The highest BCUT2D eigenvalue weighted by Crippen LogP contribution is 2.34. The molecule has 30 heavy (non-hydrogen) atoms. The van der Waals surface area contributed by atoms with Crippen LogP contribution >= 0.6 is 0 Å². The van der Waals surface area contributed by atoms with Crippen molar-refractivity contribution >= 4 is 11.6 Å². The molecule has 0 radical (unpaired) electrons. The summed E-state index contributed by atoms with van der Waals surface area (Å²) >= 11 is 0. The number of amides is 1. The lowest BCUT2D eigenvalue weighted by Gasteiger charge is -2.40. The first-order valence-corrected chi connectivity index (χ1v) is 10.3. The molecule has 2 aromatic heterocycles. The molecule has 0 bridgehead atoms. The predicted molar refractivity (Wildman–Crippen MR) is 118 cm³/mol. The molecular formula is C23H33N5O2. The number of ether oxygens (including phenoxy) is 1. The highest BCUT2D eigenvalue weighted by molar-refractivity contribution is 5.78. The van der Waals surface area contributed by atoms with Crippen molar-refractivity contribution in [3.8, 4) is 5.75 Å². The highest BCUT2D eigenvalue weighted by atomic mass is 16.5. The van der Waals surface area contributed by atoms with E-state index >= 15 is 0 Å². The van der Waals surface area contributed by atoms with E-state index in [-0.39, 0.29) is 17.9 Å². The molecule has 162 valence electrons. The molecule has 7 heteroatoms. The zero-order valence-corrected chi connectivity index (χ0v) is 19.3. The van der Waals surface area contributed by atoms with E-state index in [1.54, 1.807) is 0 Å². The SMILES string of the molecule is Cc1ccccc1OCC(=O)NC(C)(C)C(C)(C)c1nnc2cc(C(C)(C)C)[nH]n12. The number of H-pyrrole nitrogens is 1. The van der Waals surface area contributed by atoms with Crippen molar-refractivity contribution in [1.82, 2.24) is 25.1 Å². The van der Waals surface area contributed by atoms with Gasteiger partial charge in [0.05, 0.1) is 0 Å². The van der Waals surface area contributed by atoms with Crippen molar-refractivity contribution in [2.45, 2.75) is 71.8 Å². The average Bonchev–Trinajstić information content (AvgIpc) is 3.20. The molecule has 3 aromatic rings. The number of aryl methyl sites for hydroxylation is 1. The molecule has 0 fully saturated rings. The Kier molecular flexibility index (Phi) is 5.43. The zero-order valence-electron chi connectivity index (χ0n) is 19.3. The second-order valence-electron chi connectivity index (χ2n) is 9.99. The maximum atomic E-state index is 12.7. The first kappa shape index (κ1) is 21.9. The molecule has 0 aliphatic carbocycles. The number of hydrogen-bond acceptors (Lipinski definition) is 4. The Morgan fingerprint density at radius 1 is 1.10 bits per heavy atom. The quantitative estimate of drug-likeness (QED) is 0.644. The fourth-order valence-corrected chi connectivity index (χ4v) is 3.25. The van der Waals surface area contributed by atoms with Crippen LogP contribution in [0.15, 0.2) is 30.3 Å². The lowest BCUT2D eigenvalue weighted by molar-refractivity contribution is -0.125. The number of rotatable bonds is 6. The van der Waals surface area contributed by atoms with E-state index in [1.165, 1.54) is 0 Å². The number of aromatic nitrogens is 4. The summed E-state index contributed by atoms with van der Waals surface area (Å²) in [5, 5.41) is 15.3. The van der Waals surface area contributed by atoms with Gasteiger partial charge in [0.15, 0.2) is 18.1 Å². The van der Waals surface area contributed by atoms with E-state index in [0.29, 0.717) is 5.75 Å². The van der Waals surface area contributed by atoms with E-state index in [4.69, 9.17) is 4.74 Å². The van der Waals surface area contributed by atoms with Crippen LogP contribution in [0.4, 0.5) is 0 Å². The van der Waals surface area contributed by atoms with Gasteiger partial charge in [-0.1, -0.05) is 52.8 Å². The van der Waals surface area contributed by atoms with Crippen molar-refractivity contribution < 1.29 is 9.53 Å². The number of benzene rings is 1. The maximum absolute atomic E-state index is 12.7. The van der Waals surface area contributed by atoms with E-state index in [0.717, 1.165) is 22.7 Å². The molecule has 0 atom stereocenters. The van der Waals surface area contributed by atoms with Crippen molar-refractivity contribution in [2.75, 3.05) is 6.61 Å². The molecule has 0 aliphatic heterocycles. The molecule has 2 N–H and O–H groups in total. The van der Waals surface area contributed by atoms with Gasteiger partial charge in [0.2, 0.25) is 0 Å². The molecular weight excluding hydrogens is 378 g/mol. The second-order valence-corrected chi connectivity index (χ2v) is 9.99. The summed E-state index contributed by atoms with van der Waals surface area (Å²) in [5.74, 6) is 1.29. The summed E-state index contributed by atoms with van der Waals surface area (Å²) in [6.07, 6.45) is 0. The zero-order chi connectivity index (χ0) is 22.3. The van der Waals surface area contributed by atoms with E-state index < -0.39 is 11.0 Å². The summed E-state index contributed by atoms with van der Waals surface area (Å²) in [6, 6.07) is 9.68. The minimum atomic E-state index is -0.602. The van der Waals surface area contributed by atoms with Gasteiger partial charge >= 0.3 is 0 Å². The number of carbonyl (C=O) groups is 1. The Bertz CT molecular complexity index is 1050. The minimum Gasteiger partial charge on any atom is -0.484 e. The third-order valence-corrected chi connectivity index (χ3v) is 6.03. The highest BCUT2D eigenvalue weighted by Gasteiger charge is 2.43. The van der Waals surface area contributed by atoms with E-state index in [1.807, 2.05) is 55.6 Å². The lowest BCUT2D eigenvalue weighted by atomic mass is 9.73. The Hall–Kier alpha value is -2.83. The van der Waals surface area contributed by atoms with Gasteiger partial charge in [-0.3, -0.25) is 9.89 Å². The van der Waals surface area contributed by atoms with Crippen molar-refractivity contribution in [3.63, 3.8) is 0 Å². The number of fused-ring (bicyclic) bond motifs is 1. The van der Waals surface area contributed by atoms with Crippen molar-refractivity contribution in [2.24, 2.45) is 0 Å². The molecule has 0 saturated heterocycles. The van der Waals surface area contributed by atoms with Gasteiger partial charge in [-0.2, -0.15) is 0 Å². The second kappa shape index (κ2) is 7.45. The largest absolute Gasteiger partial charge is 0.484 e. The standard InChI is InChI=1S/C23H33N5O2/c1-15-11-9-10-12-16(15)30-14-19(29)24-23(7,8)22(5,6)20-26-25-18-13-17(21(2,3)4)27-28(18)20/h9-13,27H,14H2,1-8H3,(H,24,29). The summed E-state index contributed by atoms with van der Waals surface area (Å²) < 4.78 is 7.62. The Morgan fingerprint density at radius 2 is 1.77 bits per heavy atom. The summed E-state index contributed by atoms with van der Waals surface area (Å²) in [4.78, 5) is 12.7. The van der Waals surface area contributed by atoms with Crippen LogP contribution < -0.4 is 10.1 Å². The van der Waals surface area contributed by atoms with Crippen LogP contribution in [0.3, 0.4) is 0 Å². The Morgan fingerprint density at radius 3 is 2.40 bits per heavy atom. The third-order valence-electron chi connectivity index (χ3n) is 6.03. The first-order valence-electron chi connectivity index (χ1n) is 10.3. The van der Waals surface area contributed by atoms with Crippen molar-refractivity contribution in [3.05, 3.63) is 47.4 Å². The Labute approximate surface area is 178 Å². The third kappa shape index (κ3) is 4.06. The van der Waals surface area contributed by atoms with Gasteiger partial charge < -0.3 is 10.1 Å². The summed E-state index contributed by atoms with van der Waals surface area (Å²) in [7, 11) is 0. The monoisotopic (exact) mass is 411 g/mol. The summed E-state index contributed by atoms with van der Waals surface area (Å²) in [6.45, 7) is 16.5. The molecule has 0 aliphatic rings. The smallest absolute Gasteiger partial charge is 0.258 e. The molecule has 0 unspecified atom stereocenters. The van der Waals surface area contributed by atoms with Gasteiger partial charge in [-0.05, 0) is 32.4 Å². The molecule has 0 saturated carbocycles. The average molecular weight is 412 g/mol. The van der Waals surface area contributed by atoms with Gasteiger partial charge in [-0.25, -0.2) is 4.52 Å². The van der Waals surface area contributed by atoms with Gasteiger partial charge in [0.1, 0.15) is 5.75 Å². The number of hydrogen-bond donors (Lipinski definition) is 2. The van der Waals surface area contributed by atoms with Crippen LogP contribution in [0.25, 0.3) is 5.65 Å². The fourth-order valence-electron chi connectivity index (χ4n) is 3.25.